The average Bonchev–Trinajstić information content (AvgIpc) is 3.13. The van der Waals surface area contributed by atoms with Gasteiger partial charge < -0.3 is 10.2 Å². The van der Waals surface area contributed by atoms with Gasteiger partial charge in [-0.05, 0) is 48.6 Å². The minimum Gasteiger partial charge on any atom is -0.317 e. The zero-order valence-corrected chi connectivity index (χ0v) is 16.2. The molecule has 0 bridgehead atoms. The zero-order chi connectivity index (χ0) is 20.4. The summed E-state index contributed by atoms with van der Waals surface area (Å²) in [5.74, 6) is -1.47. The van der Waals surface area contributed by atoms with E-state index in [-0.39, 0.29) is 11.7 Å². The van der Waals surface area contributed by atoms with E-state index in [1.165, 1.54) is 17.2 Å². The van der Waals surface area contributed by atoms with Crippen molar-refractivity contribution in [1.82, 2.24) is 4.90 Å². The van der Waals surface area contributed by atoms with Gasteiger partial charge in [0.2, 0.25) is 0 Å². The van der Waals surface area contributed by atoms with Crippen LogP contribution in [0.4, 0.5) is 19.3 Å². The first-order chi connectivity index (χ1) is 14.0. The number of nitrogens with one attached hydrogen (secondary N) is 1. The van der Waals surface area contributed by atoms with Crippen LogP contribution in [0, 0.1) is 18.6 Å². The molecule has 1 N–H and O–H groups in total. The van der Waals surface area contributed by atoms with E-state index >= 15 is 0 Å². The lowest BCUT2D eigenvalue weighted by atomic mass is 10.1. The SMILES string of the molecule is Cc1ccc(CN(C(=O)Nc2ccc(F)cc2F)C2Cc3ccccc3C2)cc1. The second-order valence-corrected chi connectivity index (χ2v) is 7.50. The molecule has 0 saturated heterocycles. The Morgan fingerprint density at radius 2 is 1.66 bits per heavy atom. The zero-order valence-electron chi connectivity index (χ0n) is 16.2. The van der Waals surface area contributed by atoms with E-state index in [2.05, 4.69) is 17.4 Å². The lowest BCUT2D eigenvalue weighted by molar-refractivity contribution is 0.185. The minimum absolute atomic E-state index is 0.0270. The van der Waals surface area contributed by atoms with Gasteiger partial charge in [-0.25, -0.2) is 13.6 Å². The summed E-state index contributed by atoms with van der Waals surface area (Å²) in [7, 11) is 0. The summed E-state index contributed by atoms with van der Waals surface area (Å²) in [5, 5.41) is 2.62. The van der Waals surface area contributed by atoms with Crippen LogP contribution in [0.15, 0.2) is 66.7 Å². The summed E-state index contributed by atoms with van der Waals surface area (Å²) in [6.45, 7) is 2.42. The van der Waals surface area contributed by atoms with Gasteiger partial charge in [0.25, 0.3) is 0 Å². The van der Waals surface area contributed by atoms with Gasteiger partial charge >= 0.3 is 6.03 Å². The van der Waals surface area contributed by atoms with E-state index < -0.39 is 17.7 Å². The molecular weight excluding hydrogens is 370 g/mol. The van der Waals surface area contributed by atoms with Gasteiger partial charge in [-0.2, -0.15) is 0 Å². The van der Waals surface area contributed by atoms with E-state index in [4.69, 9.17) is 0 Å². The van der Waals surface area contributed by atoms with Crippen molar-refractivity contribution in [2.24, 2.45) is 0 Å². The van der Waals surface area contributed by atoms with Crippen LogP contribution in [-0.2, 0) is 19.4 Å². The van der Waals surface area contributed by atoms with Gasteiger partial charge in [0, 0.05) is 18.7 Å². The highest BCUT2D eigenvalue weighted by Gasteiger charge is 2.30. The minimum atomic E-state index is -0.789. The Balaban J connectivity index is 1.59. The number of aryl methyl sites for hydroxylation is 1. The van der Waals surface area contributed by atoms with Crippen molar-refractivity contribution in [3.63, 3.8) is 0 Å². The number of hydrogen-bond donors (Lipinski definition) is 1. The van der Waals surface area contributed by atoms with E-state index in [1.807, 2.05) is 43.3 Å². The highest BCUT2D eigenvalue weighted by Crippen LogP contribution is 2.27. The maximum atomic E-state index is 14.1. The van der Waals surface area contributed by atoms with Crippen LogP contribution in [0.5, 0.6) is 0 Å². The molecule has 148 valence electrons. The quantitative estimate of drug-likeness (QED) is 0.627. The third-order valence-corrected chi connectivity index (χ3v) is 5.38. The van der Waals surface area contributed by atoms with Crippen molar-refractivity contribution in [2.75, 3.05) is 5.32 Å². The summed E-state index contributed by atoms with van der Waals surface area (Å²) in [5.41, 5.74) is 4.58. The molecule has 0 radical (unpaired) electrons. The van der Waals surface area contributed by atoms with Crippen molar-refractivity contribution in [2.45, 2.75) is 32.4 Å². The van der Waals surface area contributed by atoms with Crippen molar-refractivity contribution >= 4 is 11.7 Å². The van der Waals surface area contributed by atoms with Crippen LogP contribution < -0.4 is 5.32 Å². The summed E-state index contributed by atoms with van der Waals surface area (Å²) in [6.07, 6.45) is 1.50. The lowest BCUT2D eigenvalue weighted by Gasteiger charge is -2.29. The third-order valence-electron chi connectivity index (χ3n) is 5.38. The summed E-state index contributed by atoms with van der Waals surface area (Å²) in [6, 6.07) is 18.9. The van der Waals surface area contributed by atoms with Gasteiger partial charge in [0.1, 0.15) is 11.6 Å². The fourth-order valence-corrected chi connectivity index (χ4v) is 3.79. The fourth-order valence-electron chi connectivity index (χ4n) is 3.79. The molecule has 5 heteroatoms. The number of benzene rings is 3. The Kier molecular flexibility index (Phi) is 5.30. The molecule has 1 aliphatic rings. The van der Waals surface area contributed by atoms with Crippen molar-refractivity contribution in [1.29, 1.82) is 0 Å². The summed E-state index contributed by atoms with van der Waals surface area (Å²) in [4.78, 5) is 14.9. The van der Waals surface area contributed by atoms with Crippen LogP contribution in [0.1, 0.15) is 22.3 Å². The first-order valence-electron chi connectivity index (χ1n) is 9.64. The number of nitrogens with zero attached hydrogens (tertiary/aromatic N) is 1. The molecule has 0 spiro atoms. The second-order valence-electron chi connectivity index (χ2n) is 7.50. The number of fused-ring (bicyclic) bond motifs is 1. The highest BCUT2D eigenvalue weighted by atomic mass is 19.1. The Labute approximate surface area is 169 Å². The van der Waals surface area contributed by atoms with Crippen LogP contribution >= 0.6 is 0 Å². The molecule has 1 aliphatic carbocycles. The maximum absolute atomic E-state index is 14.1. The van der Waals surface area contributed by atoms with Gasteiger partial charge in [0.05, 0.1) is 5.69 Å². The molecule has 0 aliphatic heterocycles. The molecule has 4 rings (SSSR count). The Morgan fingerprint density at radius 1 is 1.00 bits per heavy atom. The standard InChI is InChI=1S/C24H22F2N2O/c1-16-6-8-17(9-7-16)15-28(21-12-18-4-2-3-5-19(18)13-21)24(29)27-23-11-10-20(25)14-22(23)26/h2-11,14,21H,12-13,15H2,1H3,(H,27,29). The smallest absolute Gasteiger partial charge is 0.317 e. The monoisotopic (exact) mass is 392 g/mol. The van der Waals surface area contributed by atoms with Crippen molar-refractivity contribution in [3.8, 4) is 0 Å². The first-order valence-corrected chi connectivity index (χ1v) is 9.64. The van der Waals surface area contributed by atoms with E-state index in [1.54, 1.807) is 4.90 Å². The molecule has 0 fully saturated rings. The molecule has 0 aromatic heterocycles. The number of carbonyl (C=O) groups excluding carboxylic acids is 1. The molecule has 2 amide bonds. The largest absolute Gasteiger partial charge is 0.322 e. The van der Waals surface area contributed by atoms with Gasteiger partial charge in [0.15, 0.2) is 0 Å². The lowest BCUT2D eigenvalue weighted by Crippen LogP contribution is -2.43. The topological polar surface area (TPSA) is 32.3 Å². The van der Waals surface area contributed by atoms with Crippen LogP contribution in [-0.4, -0.2) is 17.0 Å². The molecule has 3 aromatic rings. The summed E-state index contributed by atoms with van der Waals surface area (Å²) >= 11 is 0. The summed E-state index contributed by atoms with van der Waals surface area (Å²) < 4.78 is 27.3. The number of urea groups is 1. The molecule has 0 heterocycles. The fraction of sp³-hybridized carbons (Fsp3) is 0.208. The molecule has 0 saturated carbocycles. The van der Waals surface area contributed by atoms with E-state index in [0.29, 0.717) is 6.54 Å². The van der Waals surface area contributed by atoms with Gasteiger partial charge in [-0.1, -0.05) is 54.1 Å². The molecule has 29 heavy (non-hydrogen) atoms. The molecular formula is C24H22F2N2O. The molecule has 0 atom stereocenters. The Bertz CT molecular complexity index is 1010. The number of carbonyl (C=O) groups is 1. The third kappa shape index (κ3) is 4.29. The molecule has 3 nitrogen and oxygen atoms in total. The molecule has 3 aromatic carbocycles. The normalized spacial score (nSPS) is 13.2. The number of rotatable bonds is 4. The van der Waals surface area contributed by atoms with E-state index in [9.17, 15) is 13.6 Å². The number of anilines is 1. The average molecular weight is 392 g/mol. The van der Waals surface area contributed by atoms with Crippen LogP contribution in [0.25, 0.3) is 0 Å². The van der Waals surface area contributed by atoms with Gasteiger partial charge in [-0.3, -0.25) is 0 Å². The van der Waals surface area contributed by atoms with E-state index in [0.717, 1.165) is 36.1 Å². The Hall–Kier alpha value is -3.21. The van der Waals surface area contributed by atoms with Crippen molar-refractivity contribution < 1.29 is 13.6 Å². The highest BCUT2D eigenvalue weighted by molar-refractivity contribution is 5.89. The predicted molar refractivity (Wildman–Crippen MR) is 110 cm³/mol. The van der Waals surface area contributed by atoms with Gasteiger partial charge in [-0.15, -0.1) is 0 Å². The Morgan fingerprint density at radius 3 is 2.28 bits per heavy atom. The first kappa shape index (κ1) is 19.1. The van der Waals surface area contributed by atoms with Crippen LogP contribution in [0.3, 0.4) is 0 Å². The second kappa shape index (κ2) is 8.03. The number of amides is 2. The maximum Gasteiger partial charge on any atom is 0.322 e. The van der Waals surface area contributed by atoms with Crippen molar-refractivity contribution in [3.05, 3.63) is 101 Å². The predicted octanol–water partition coefficient (Wildman–Crippen LogP) is 5.47. The number of hydrogen-bond acceptors (Lipinski definition) is 1. The molecule has 0 unspecified atom stereocenters. The number of halogens is 2. The van der Waals surface area contributed by atoms with Crippen LogP contribution in [0.2, 0.25) is 0 Å².